The van der Waals surface area contributed by atoms with Gasteiger partial charge in [0, 0.05) is 24.7 Å². The van der Waals surface area contributed by atoms with Crippen LogP contribution in [0.3, 0.4) is 0 Å². The van der Waals surface area contributed by atoms with Crippen molar-refractivity contribution in [2.75, 3.05) is 0 Å². The number of nitrogens with zero attached hydrogens (tertiary/aromatic N) is 3. The Balaban J connectivity index is 1.65. The lowest BCUT2D eigenvalue weighted by atomic mass is 10.1. The van der Waals surface area contributed by atoms with Crippen LogP contribution in [0, 0.1) is 11.6 Å². The molecule has 0 bridgehead atoms. The first-order valence-corrected chi connectivity index (χ1v) is 12.6. The highest BCUT2D eigenvalue weighted by molar-refractivity contribution is 7.88. The zero-order chi connectivity index (χ0) is 24.6. The molecule has 0 aliphatic carbocycles. The summed E-state index contributed by atoms with van der Waals surface area (Å²) in [7, 11) is -4.13. The van der Waals surface area contributed by atoms with Crippen LogP contribution in [0.1, 0.15) is 29.4 Å². The summed E-state index contributed by atoms with van der Waals surface area (Å²) in [5.41, 5.74) is 2.12. The van der Waals surface area contributed by atoms with Gasteiger partial charge in [0.1, 0.15) is 23.5 Å². The first kappa shape index (κ1) is 22.9. The van der Waals surface area contributed by atoms with Gasteiger partial charge in [-0.25, -0.2) is 26.5 Å². The Bertz CT molecular complexity index is 1470. The van der Waals surface area contributed by atoms with Crippen LogP contribution in [0.25, 0.3) is 11.3 Å². The Morgan fingerprint density at radius 1 is 0.886 bits per heavy atom. The number of amides is 1. The topological polar surface area (TPSA) is 72.3 Å². The van der Waals surface area contributed by atoms with Crippen LogP contribution in [-0.2, 0) is 27.1 Å². The van der Waals surface area contributed by atoms with Gasteiger partial charge in [-0.3, -0.25) is 4.79 Å². The lowest BCUT2D eigenvalue weighted by molar-refractivity contribution is -0.127. The molecule has 1 aliphatic heterocycles. The van der Waals surface area contributed by atoms with Gasteiger partial charge in [0.15, 0.2) is 0 Å². The van der Waals surface area contributed by atoms with Crippen molar-refractivity contribution in [1.29, 1.82) is 0 Å². The van der Waals surface area contributed by atoms with Crippen molar-refractivity contribution in [2.45, 2.75) is 24.8 Å². The Morgan fingerprint density at radius 2 is 1.51 bits per heavy atom. The van der Waals surface area contributed by atoms with E-state index >= 15 is 0 Å². The van der Waals surface area contributed by atoms with Crippen LogP contribution in [-0.4, -0.2) is 28.2 Å². The Hall–Kier alpha value is -3.85. The molecule has 2 heterocycles. The lowest BCUT2D eigenvalue weighted by Gasteiger charge is -2.29. The maximum Gasteiger partial charge on any atom is 0.242 e. The Kier molecular flexibility index (Phi) is 5.94. The molecule has 0 N–H and O–H groups in total. The Morgan fingerprint density at radius 3 is 2.17 bits per heavy atom. The molecule has 9 heteroatoms. The summed E-state index contributed by atoms with van der Waals surface area (Å²) < 4.78 is 57.1. The fourth-order valence-electron chi connectivity index (χ4n) is 4.26. The number of aromatic nitrogens is 2. The van der Waals surface area contributed by atoms with Crippen LogP contribution >= 0.6 is 0 Å². The monoisotopic (exact) mass is 493 g/mol. The summed E-state index contributed by atoms with van der Waals surface area (Å²) in [5.74, 6) is -1.48. The molecule has 6 nitrogen and oxygen atoms in total. The number of hydrogen-bond acceptors (Lipinski definition) is 4. The average Bonchev–Trinajstić information content (AvgIpc) is 3.20. The van der Waals surface area contributed by atoms with E-state index < -0.39 is 27.8 Å². The van der Waals surface area contributed by atoms with Crippen LogP contribution in [0.15, 0.2) is 85.1 Å². The molecule has 1 unspecified atom stereocenters. The standard InChI is InChI=1S/C26H21F2N3O3S/c27-21-10-6-19(7-11-21)23-16-30-15-14-24(32)31(35(33,34)17-18-4-2-1-3-5-18)25(26(30)29-23)20-8-12-22(28)13-9-20/h1-13,16,25H,14-15,17H2. The summed E-state index contributed by atoms with van der Waals surface area (Å²) in [5, 5.41) is 0. The number of imidazole rings is 1. The van der Waals surface area contributed by atoms with Crippen molar-refractivity contribution in [1.82, 2.24) is 13.9 Å². The largest absolute Gasteiger partial charge is 0.332 e. The number of carbonyl (C=O) groups is 1. The van der Waals surface area contributed by atoms with Gasteiger partial charge in [0.05, 0.1) is 11.4 Å². The van der Waals surface area contributed by atoms with E-state index in [0.717, 1.165) is 4.31 Å². The molecule has 3 aromatic carbocycles. The van der Waals surface area contributed by atoms with E-state index in [1.165, 1.54) is 36.4 Å². The van der Waals surface area contributed by atoms with E-state index in [1.54, 1.807) is 53.2 Å². The second kappa shape index (κ2) is 9.07. The van der Waals surface area contributed by atoms with E-state index in [9.17, 15) is 22.0 Å². The zero-order valence-corrected chi connectivity index (χ0v) is 19.3. The number of hydrogen-bond donors (Lipinski definition) is 0. The first-order chi connectivity index (χ1) is 16.8. The van der Waals surface area contributed by atoms with Crippen LogP contribution in [0.4, 0.5) is 8.78 Å². The SMILES string of the molecule is O=C1CCn2cc(-c3ccc(F)cc3)nc2C(c2ccc(F)cc2)N1S(=O)(=O)Cc1ccccc1. The molecule has 1 amide bonds. The van der Waals surface area contributed by atoms with Gasteiger partial charge in [-0.1, -0.05) is 42.5 Å². The van der Waals surface area contributed by atoms with E-state index in [1.807, 2.05) is 0 Å². The Labute approximate surface area is 201 Å². The molecule has 0 radical (unpaired) electrons. The minimum atomic E-state index is -4.13. The maximum absolute atomic E-state index is 13.7. The molecule has 5 rings (SSSR count). The smallest absolute Gasteiger partial charge is 0.242 e. The summed E-state index contributed by atoms with van der Waals surface area (Å²) in [6.07, 6.45) is 1.66. The molecular weight excluding hydrogens is 472 g/mol. The molecular formula is C26H21F2N3O3S. The molecule has 0 spiro atoms. The van der Waals surface area contributed by atoms with Gasteiger partial charge >= 0.3 is 0 Å². The highest BCUT2D eigenvalue weighted by Gasteiger charge is 2.41. The molecule has 178 valence electrons. The molecule has 0 saturated carbocycles. The van der Waals surface area contributed by atoms with Crippen LogP contribution in [0.5, 0.6) is 0 Å². The third kappa shape index (κ3) is 4.59. The van der Waals surface area contributed by atoms with Crippen molar-refractivity contribution >= 4 is 15.9 Å². The quantitative estimate of drug-likeness (QED) is 0.405. The van der Waals surface area contributed by atoms with Crippen molar-refractivity contribution in [3.63, 3.8) is 0 Å². The second-order valence-electron chi connectivity index (χ2n) is 8.32. The lowest BCUT2D eigenvalue weighted by Crippen LogP contribution is -2.40. The summed E-state index contributed by atoms with van der Waals surface area (Å²) in [6.45, 7) is 0.220. The number of aryl methyl sites for hydroxylation is 1. The number of halogens is 2. The third-order valence-electron chi connectivity index (χ3n) is 5.92. The van der Waals surface area contributed by atoms with E-state index in [-0.39, 0.29) is 24.5 Å². The van der Waals surface area contributed by atoms with Crippen molar-refractivity contribution in [3.05, 3.63) is 114 Å². The average molecular weight is 494 g/mol. The van der Waals surface area contributed by atoms with Gasteiger partial charge in [-0.2, -0.15) is 0 Å². The fraction of sp³-hybridized carbons (Fsp3) is 0.154. The van der Waals surface area contributed by atoms with E-state index in [0.29, 0.717) is 28.2 Å². The molecule has 1 aliphatic rings. The predicted octanol–water partition coefficient (Wildman–Crippen LogP) is 4.68. The van der Waals surface area contributed by atoms with Crippen molar-refractivity contribution < 1.29 is 22.0 Å². The molecule has 0 fully saturated rings. The van der Waals surface area contributed by atoms with Crippen LogP contribution < -0.4 is 0 Å². The third-order valence-corrected chi connectivity index (χ3v) is 7.63. The van der Waals surface area contributed by atoms with E-state index in [2.05, 4.69) is 4.98 Å². The number of sulfonamides is 1. The minimum absolute atomic E-state index is 0.0576. The predicted molar refractivity (Wildman–Crippen MR) is 126 cm³/mol. The molecule has 1 aromatic heterocycles. The van der Waals surface area contributed by atoms with Gasteiger partial charge in [0.2, 0.25) is 15.9 Å². The van der Waals surface area contributed by atoms with Gasteiger partial charge in [0.25, 0.3) is 0 Å². The molecule has 4 aromatic rings. The van der Waals surface area contributed by atoms with Gasteiger partial charge < -0.3 is 4.57 Å². The number of carbonyl (C=O) groups excluding carboxylic acids is 1. The summed E-state index contributed by atoms with van der Waals surface area (Å²) in [4.78, 5) is 17.9. The summed E-state index contributed by atoms with van der Waals surface area (Å²) in [6, 6.07) is 18.7. The van der Waals surface area contributed by atoms with Crippen molar-refractivity contribution in [2.24, 2.45) is 0 Å². The number of fused-ring (bicyclic) bond motifs is 1. The van der Waals surface area contributed by atoms with Crippen molar-refractivity contribution in [3.8, 4) is 11.3 Å². The maximum atomic E-state index is 13.7. The zero-order valence-electron chi connectivity index (χ0n) is 18.5. The highest BCUT2D eigenvalue weighted by atomic mass is 32.2. The van der Waals surface area contributed by atoms with Crippen LogP contribution in [0.2, 0.25) is 0 Å². The number of rotatable bonds is 5. The minimum Gasteiger partial charge on any atom is -0.332 e. The van der Waals surface area contributed by atoms with Gasteiger partial charge in [-0.15, -0.1) is 0 Å². The fourth-order valence-corrected chi connectivity index (χ4v) is 5.95. The molecule has 35 heavy (non-hydrogen) atoms. The number of benzene rings is 3. The molecule has 0 saturated heterocycles. The second-order valence-corrected chi connectivity index (χ2v) is 10.2. The molecule has 1 atom stereocenters. The first-order valence-electron chi connectivity index (χ1n) is 11.0. The highest BCUT2D eigenvalue weighted by Crippen LogP contribution is 2.36. The van der Waals surface area contributed by atoms with Gasteiger partial charge in [-0.05, 0) is 47.5 Å². The summed E-state index contributed by atoms with van der Waals surface area (Å²) >= 11 is 0. The normalized spacial score (nSPS) is 16.1. The van der Waals surface area contributed by atoms with E-state index in [4.69, 9.17) is 0 Å².